The lowest BCUT2D eigenvalue weighted by molar-refractivity contribution is -0.136. The normalized spacial score (nSPS) is 11.7. The molecule has 0 unspecified atom stereocenters. The van der Waals surface area contributed by atoms with Crippen molar-refractivity contribution >= 4 is 22.6 Å². The first-order valence-corrected chi connectivity index (χ1v) is 7.24. The van der Waals surface area contributed by atoms with Gasteiger partial charge < -0.3 is 9.73 Å². The van der Waals surface area contributed by atoms with Crippen LogP contribution in [0, 0.1) is 13.8 Å². The second-order valence-corrected chi connectivity index (χ2v) is 5.55. The summed E-state index contributed by atoms with van der Waals surface area (Å²) >= 11 is 0. The number of rotatable bonds is 2. The molecule has 24 heavy (non-hydrogen) atoms. The number of aryl methyl sites for hydroxylation is 2. The van der Waals surface area contributed by atoms with Gasteiger partial charge in [-0.3, -0.25) is 4.79 Å². The van der Waals surface area contributed by atoms with Gasteiger partial charge in [0.2, 0.25) is 0 Å². The Bertz CT molecular complexity index is 926. The largest absolute Gasteiger partial charge is 0.451 e. The Kier molecular flexibility index (Phi) is 3.83. The average Bonchev–Trinajstić information content (AvgIpc) is 2.84. The molecule has 0 saturated carbocycles. The Hall–Kier alpha value is -2.76. The van der Waals surface area contributed by atoms with Crippen molar-refractivity contribution in [3.63, 3.8) is 0 Å². The van der Waals surface area contributed by atoms with E-state index in [0.717, 1.165) is 17.0 Å². The highest BCUT2D eigenvalue weighted by Crippen LogP contribution is 2.35. The van der Waals surface area contributed by atoms with Gasteiger partial charge in [0.15, 0.2) is 5.76 Å². The number of hydrogen-bond donors (Lipinski definition) is 1. The Balaban J connectivity index is 1.99. The molecule has 124 valence electrons. The highest BCUT2D eigenvalue weighted by atomic mass is 19.4. The van der Waals surface area contributed by atoms with Gasteiger partial charge in [0.25, 0.3) is 5.91 Å². The predicted octanol–water partition coefficient (Wildman–Crippen LogP) is 5.32. The van der Waals surface area contributed by atoms with Crippen LogP contribution in [-0.2, 0) is 6.18 Å². The molecule has 2 aromatic carbocycles. The fourth-order valence-corrected chi connectivity index (χ4v) is 2.57. The van der Waals surface area contributed by atoms with Crippen LogP contribution < -0.4 is 5.32 Å². The van der Waals surface area contributed by atoms with E-state index < -0.39 is 17.6 Å². The predicted molar refractivity (Wildman–Crippen MR) is 85.1 cm³/mol. The topological polar surface area (TPSA) is 42.2 Å². The molecule has 3 nitrogen and oxygen atoms in total. The highest BCUT2D eigenvalue weighted by molar-refractivity contribution is 6.06. The zero-order valence-corrected chi connectivity index (χ0v) is 13.0. The zero-order valence-electron chi connectivity index (χ0n) is 13.0. The molecule has 1 N–H and O–H groups in total. The number of carbonyl (C=O) groups is 1. The summed E-state index contributed by atoms with van der Waals surface area (Å²) in [5.41, 5.74) is 0.915. The van der Waals surface area contributed by atoms with Gasteiger partial charge >= 0.3 is 6.18 Å². The molecule has 3 rings (SSSR count). The summed E-state index contributed by atoms with van der Waals surface area (Å²) in [6.07, 6.45) is -4.55. The maximum absolute atomic E-state index is 13.0. The first-order chi connectivity index (χ1) is 11.3. The van der Waals surface area contributed by atoms with Crippen molar-refractivity contribution in [2.75, 3.05) is 5.32 Å². The third kappa shape index (κ3) is 2.87. The molecule has 0 atom stereocenters. The number of benzene rings is 2. The number of anilines is 1. The third-order valence-electron chi connectivity index (χ3n) is 3.78. The van der Waals surface area contributed by atoms with Crippen LogP contribution in [0.25, 0.3) is 11.0 Å². The maximum atomic E-state index is 13.0. The van der Waals surface area contributed by atoms with Crippen molar-refractivity contribution in [2.24, 2.45) is 0 Å². The summed E-state index contributed by atoms with van der Waals surface area (Å²) in [7, 11) is 0. The number of amides is 1. The van der Waals surface area contributed by atoms with Gasteiger partial charge in [0, 0.05) is 10.9 Å². The number of carbonyl (C=O) groups excluding carboxylic acids is 1. The lowest BCUT2D eigenvalue weighted by atomic mass is 10.1. The molecule has 1 heterocycles. The van der Waals surface area contributed by atoms with Crippen molar-refractivity contribution in [1.29, 1.82) is 0 Å². The minimum Gasteiger partial charge on any atom is -0.451 e. The number of halogens is 3. The summed E-state index contributed by atoms with van der Waals surface area (Å²) in [6.45, 7) is 3.61. The molecule has 0 aliphatic carbocycles. The fraction of sp³-hybridized carbons (Fsp3) is 0.167. The Morgan fingerprint density at radius 2 is 1.79 bits per heavy atom. The van der Waals surface area contributed by atoms with Crippen LogP contribution in [-0.4, -0.2) is 5.91 Å². The second-order valence-electron chi connectivity index (χ2n) is 5.55. The fourth-order valence-electron chi connectivity index (χ4n) is 2.57. The van der Waals surface area contributed by atoms with Crippen molar-refractivity contribution in [3.05, 3.63) is 64.9 Å². The van der Waals surface area contributed by atoms with Crippen LogP contribution in [0.5, 0.6) is 0 Å². The summed E-state index contributed by atoms with van der Waals surface area (Å²) in [5, 5.41) is 3.06. The van der Waals surface area contributed by atoms with E-state index in [-0.39, 0.29) is 11.4 Å². The number of para-hydroxylation sites is 1. The number of fused-ring (bicyclic) bond motifs is 1. The Morgan fingerprint density at radius 1 is 1.08 bits per heavy atom. The number of furan rings is 1. The first-order valence-electron chi connectivity index (χ1n) is 7.24. The van der Waals surface area contributed by atoms with E-state index in [0.29, 0.717) is 11.1 Å². The van der Waals surface area contributed by atoms with Crippen LogP contribution in [0.4, 0.5) is 18.9 Å². The minimum atomic E-state index is -4.55. The molecular weight excluding hydrogens is 319 g/mol. The standard InChI is InChI=1S/C18H14F3NO2/c1-10-7-8-15-12(9-10)11(2)16(24-15)17(23)22-14-6-4-3-5-13(14)18(19,20)21/h3-9H,1-2H3,(H,22,23). The van der Waals surface area contributed by atoms with Gasteiger partial charge in [-0.2, -0.15) is 13.2 Å². The van der Waals surface area contributed by atoms with Gasteiger partial charge in [-0.15, -0.1) is 0 Å². The first kappa shape index (κ1) is 16.1. The molecular formula is C18H14F3NO2. The molecule has 0 saturated heterocycles. The van der Waals surface area contributed by atoms with Crippen LogP contribution >= 0.6 is 0 Å². The molecule has 0 radical (unpaired) electrons. The summed E-state index contributed by atoms with van der Waals surface area (Å²) < 4.78 is 44.6. The average molecular weight is 333 g/mol. The smallest absolute Gasteiger partial charge is 0.418 e. The lowest BCUT2D eigenvalue weighted by Gasteiger charge is -2.12. The molecule has 0 aliphatic rings. The van der Waals surface area contributed by atoms with E-state index in [1.165, 1.54) is 18.2 Å². The van der Waals surface area contributed by atoms with E-state index in [1.807, 2.05) is 19.1 Å². The van der Waals surface area contributed by atoms with Crippen molar-refractivity contribution in [3.8, 4) is 0 Å². The lowest BCUT2D eigenvalue weighted by Crippen LogP contribution is -2.16. The van der Waals surface area contributed by atoms with Crippen LogP contribution in [0.2, 0.25) is 0 Å². The van der Waals surface area contributed by atoms with Crippen molar-refractivity contribution in [1.82, 2.24) is 0 Å². The van der Waals surface area contributed by atoms with Gasteiger partial charge in [0.05, 0.1) is 11.3 Å². The third-order valence-corrected chi connectivity index (χ3v) is 3.78. The SMILES string of the molecule is Cc1ccc2oc(C(=O)Nc3ccccc3C(F)(F)F)c(C)c2c1. The van der Waals surface area contributed by atoms with E-state index >= 15 is 0 Å². The van der Waals surface area contributed by atoms with Crippen LogP contribution in [0.3, 0.4) is 0 Å². The van der Waals surface area contributed by atoms with E-state index in [4.69, 9.17) is 4.42 Å². The van der Waals surface area contributed by atoms with Gasteiger partial charge in [-0.1, -0.05) is 23.8 Å². The monoisotopic (exact) mass is 333 g/mol. The summed E-state index contributed by atoms with van der Waals surface area (Å²) in [4.78, 5) is 12.4. The molecule has 1 aromatic heterocycles. The summed E-state index contributed by atoms with van der Waals surface area (Å²) in [5.74, 6) is -0.703. The zero-order chi connectivity index (χ0) is 17.5. The number of nitrogens with one attached hydrogen (secondary N) is 1. The second kappa shape index (κ2) is 5.70. The van der Waals surface area contributed by atoms with Crippen molar-refractivity contribution < 1.29 is 22.4 Å². The van der Waals surface area contributed by atoms with E-state index in [2.05, 4.69) is 5.32 Å². The summed E-state index contributed by atoms with van der Waals surface area (Å²) in [6, 6.07) is 10.3. The van der Waals surface area contributed by atoms with Crippen LogP contribution in [0.15, 0.2) is 46.9 Å². The highest BCUT2D eigenvalue weighted by Gasteiger charge is 2.34. The molecule has 0 bridgehead atoms. The molecule has 6 heteroatoms. The van der Waals surface area contributed by atoms with E-state index in [1.54, 1.807) is 13.0 Å². The molecule has 0 fully saturated rings. The molecule has 3 aromatic rings. The Morgan fingerprint density at radius 3 is 2.50 bits per heavy atom. The van der Waals surface area contributed by atoms with Crippen molar-refractivity contribution in [2.45, 2.75) is 20.0 Å². The molecule has 1 amide bonds. The molecule has 0 spiro atoms. The van der Waals surface area contributed by atoms with Crippen LogP contribution in [0.1, 0.15) is 27.2 Å². The van der Waals surface area contributed by atoms with E-state index in [9.17, 15) is 18.0 Å². The minimum absolute atomic E-state index is 0.00702. The Labute approximate surface area is 136 Å². The van der Waals surface area contributed by atoms with Gasteiger partial charge in [0.1, 0.15) is 5.58 Å². The molecule has 0 aliphatic heterocycles. The van der Waals surface area contributed by atoms with Gasteiger partial charge in [-0.05, 0) is 38.1 Å². The number of hydrogen-bond acceptors (Lipinski definition) is 2. The van der Waals surface area contributed by atoms with Gasteiger partial charge in [-0.25, -0.2) is 0 Å². The quantitative estimate of drug-likeness (QED) is 0.689. The maximum Gasteiger partial charge on any atom is 0.418 e. The number of alkyl halides is 3.